The van der Waals surface area contributed by atoms with Crippen molar-refractivity contribution in [3.8, 4) is 0 Å². The summed E-state index contributed by atoms with van der Waals surface area (Å²) in [6, 6.07) is 0. The van der Waals surface area contributed by atoms with E-state index in [1.165, 1.54) is 12.5 Å². The van der Waals surface area contributed by atoms with Gasteiger partial charge in [0, 0.05) is 13.3 Å². The molecule has 0 aromatic rings. The van der Waals surface area contributed by atoms with Gasteiger partial charge in [0.15, 0.2) is 5.79 Å². The molecule has 0 N–H and O–H groups in total. The number of carbonyl (C=O) groups is 1. The Kier molecular flexibility index (Phi) is 3.54. The SMILES string of the molecule is CC(=O)OC[C@@H]1C(C)=C[C@H](C)O[C@]12CCCO2. The lowest BCUT2D eigenvalue weighted by Crippen LogP contribution is -2.48. The smallest absolute Gasteiger partial charge is 0.302 e. The average Bonchev–Trinajstić information content (AvgIpc) is 2.64. The summed E-state index contributed by atoms with van der Waals surface area (Å²) in [5, 5.41) is 0. The highest BCUT2D eigenvalue weighted by Gasteiger charge is 2.48. The molecule has 2 rings (SSSR count). The normalized spacial score (nSPS) is 37.0. The molecule has 2 heterocycles. The van der Waals surface area contributed by atoms with Crippen molar-refractivity contribution in [2.24, 2.45) is 5.92 Å². The van der Waals surface area contributed by atoms with Gasteiger partial charge in [-0.05, 0) is 20.3 Å². The highest BCUT2D eigenvalue weighted by atomic mass is 16.7. The lowest BCUT2D eigenvalue weighted by atomic mass is 9.86. The Bertz CT molecular complexity index is 328. The first-order chi connectivity index (χ1) is 8.03. The van der Waals surface area contributed by atoms with Crippen molar-refractivity contribution in [2.45, 2.75) is 45.5 Å². The van der Waals surface area contributed by atoms with Crippen molar-refractivity contribution in [3.05, 3.63) is 11.6 Å². The fraction of sp³-hybridized carbons (Fsp3) is 0.769. The molecule has 3 atom stereocenters. The van der Waals surface area contributed by atoms with Crippen LogP contribution in [-0.2, 0) is 19.0 Å². The molecule has 0 aromatic carbocycles. The van der Waals surface area contributed by atoms with Crippen molar-refractivity contribution in [2.75, 3.05) is 13.2 Å². The van der Waals surface area contributed by atoms with Gasteiger partial charge < -0.3 is 14.2 Å². The molecule has 1 saturated heterocycles. The third-order valence-electron chi connectivity index (χ3n) is 3.43. The molecule has 2 aliphatic heterocycles. The van der Waals surface area contributed by atoms with Crippen LogP contribution in [-0.4, -0.2) is 31.1 Å². The number of rotatable bonds is 2. The minimum atomic E-state index is -0.576. The van der Waals surface area contributed by atoms with Crippen LogP contribution in [0.15, 0.2) is 11.6 Å². The van der Waals surface area contributed by atoms with Gasteiger partial charge in [-0.15, -0.1) is 0 Å². The van der Waals surface area contributed by atoms with Gasteiger partial charge in [0.25, 0.3) is 0 Å². The van der Waals surface area contributed by atoms with Crippen molar-refractivity contribution in [3.63, 3.8) is 0 Å². The van der Waals surface area contributed by atoms with Crippen LogP contribution in [0.1, 0.15) is 33.6 Å². The van der Waals surface area contributed by atoms with E-state index in [2.05, 4.69) is 13.0 Å². The summed E-state index contributed by atoms with van der Waals surface area (Å²) in [5.74, 6) is -0.817. The Balaban J connectivity index is 2.17. The van der Waals surface area contributed by atoms with Crippen LogP contribution in [0.2, 0.25) is 0 Å². The second-order valence-electron chi connectivity index (χ2n) is 4.85. The first kappa shape index (κ1) is 12.6. The molecular formula is C13H20O4. The van der Waals surface area contributed by atoms with Crippen LogP contribution in [0.5, 0.6) is 0 Å². The zero-order valence-electron chi connectivity index (χ0n) is 10.7. The van der Waals surface area contributed by atoms with Crippen molar-refractivity contribution in [1.29, 1.82) is 0 Å². The van der Waals surface area contributed by atoms with E-state index in [1.54, 1.807) is 0 Å². The fourth-order valence-corrected chi connectivity index (χ4v) is 2.73. The molecule has 0 amide bonds. The molecule has 1 spiro atoms. The van der Waals surface area contributed by atoms with Crippen LogP contribution in [0.25, 0.3) is 0 Å². The first-order valence-electron chi connectivity index (χ1n) is 6.17. The van der Waals surface area contributed by atoms with E-state index in [1.807, 2.05) is 6.92 Å². The number of hydrogen-bond donors (Lipinski definition) is 0. The van der Waals surface area contributed by atoms with E-state index in [-0.39, 0.29) is 18.0 Å². The van der Waals surface area contributed by atoms with Crippen molar-refractivity contribution >= 4 is 5.97 Å². The van der Waals surface area contributed by atoms with Gasteiger partial charge in [0.1, 0.15) is 6.61 Å². The maximum Gasteiger partial charge on any atom is 0.302 e. The maximum atomic E-state index is 10.9. The number of esters is 1. The second-order valence-corrected chi connectivity index (χ2v) is 4.85. The van der Waals surface area contributed by atoms with E-state index in [0.717, 1.165) is 19.4 Å². The summed E-state index contributed by atoms with van der Waals surface area (Å²) in [5.41, 5.74) is 1.19. The third kappa shape index (κ3) is 2.53. The molecule has 0 radical (unpaired) electrons. The molecule has 0 aromatic heterocycles. The van der Waals surface area contributed by atoms with Gasteiger partial charge >= 0.3 is 5.97 Å². The molecule has 0 aliphatic carbocycles. The van der Waals surface area contributed by atoms with Gasteiger partial charge in [-0.1, -0.05) is 11.6 Å². The summed E-state index contributed by atoms with van der Waals surface area (Å²) in [4.78, 5) is 10.9. The van der Waals surface area contributed by atoms with Crippen LogP contribution in [0, 0.1) is 5.92 Å². The maximum absolute atomic E-state index is 10.9. The Morgan fingerprint density at radius 3 is 3.00 bits per heavy atom. The Hall–Kier alpha value is -0.870. The Morgan fingerprint density at radius 1 is 1.65 bits per heavy atom. The second kappa shape index (κ2) is 4.78. The van der Waals surface area contributed by atoms with Crippen LogP contribution in [0.3, 0.4) is 0 Å². The standard InChI is InChI=1S/C13H20O4/c1-9-7-10(2)17-13(5-4-6-16-13)12(9)8-15-11(3)14/h7,10,12H,4-6,8H2,1-3H3/t10-,12+,13+/m0/s1. The number of carbonyl (C=O) groups excluding carboxylic acids is 1. The monoisotopic (exact) mass is 240 g/mol. The molecular weight excluding hydrogens is 220 g/mol. The van der Waals surface area contributed by atoms with E-state index in [9.17, 15) is 4.79 Å². The van der Waals surface area contributed by atoms with Gasteiger partial charge in [-0.2, -0.15) is 0 Å². The molecule has 0 bridgehead atoms. The molecule has 1 fully saturated rings. The van der Waals surface area contributed by atoms with Gasteiger partial charge in [-0.25, -0.2) is 0 Å². The lowest BCUT2D eigenvalue weighted by Gasteiger charge is -2.41. The van der Waals surface area contributed by atoms with Crippen molar-refractivity contribution in [1.82, 2.24) is 0 Å². The molecule has 0 saturated carbocycles. The molecule has 4 heteroatoms. The number of ether oxygens (including phenoxy) is 3. The Labute approximate surface area is 102 Å². The quantitative estimate of drug-likeness (QED) is 0.547. The molecule has 4 nitrogen and oxygen atoms in total. The summed E-state index contributed by atoms with van der Waals surface area (Å²) >= 11 is 0. The molecule has 0 unspecified atom stereocenters. The predicted molar refractivity (Wildman–Crippen MR) is 62.3 cm³/mol. The minimum absolute atomic E-state index is 0.0186. The molecule has 2 aliphatic rings. The zero-order valence-corrected chi connectivity index (χ0v) is 10.7. The van der Waals surface area contributed by atoms with Crippen molar-refractivity contribution < 1.29 is 19.0 Å². The highest BCUT2D eigenvalue weighted by molar-refractivity contribution is 5.65. The van der Waals surface area contributed by atoms with E-state index in [0.29, 0.717) is 6.61 Å². The molecule has 17 heavy (non-hydrogen) atoms. The van der Waals surface area contributed by atoms with Crippen LogP contribution < -0.4 is 0 Å². The summed E-state index contributed by atoms with van der Waals surface area (Å²) in [6.45, 7) is 6.54. The highest BCUT2D eigenvalue weighted by Crippen LogP contribution is 2.42. The Morgan fingerprint density at radius 2 is 2.41 bits per heavy atom. The molecule has 96 valence electrons. The van der Waals surface area contributed by atoms with Gasteiger partial charge in [0.05, 0.1) is 18.6 Å². The van der Waals surface area contributed by atoms with Gasteiger partial charge in [0.2, 0.25) is 0 Å². The van der Waals surface area contributed by atoms with Gasteiger partial charge in [-0.3, -0.25) is 4.79 Å². The number of hydrogen-bond acceptors (Lipinski definition) is 4. The first-order valence-corrected chi connectivity index (χ1v) is 6.17. The average molecular weight is 240 g/mol. The van der Waals surface area contributed by atoms with E-state index < -0.39 is 5.79 Å². The lowest BCUT2D eigenvalue weighted by molar-refractivity contribution is -0.259. The van der Waals surface area contributed by atoms with Crippen LogP contribution in [0.4, 0.5) is 0 Å². The fourth-order valence-electron chi connectivity index (χ4n) is 2.73. The summed E-state index contributed by atoms with van der Waals surface area (Å²) < 4.78 is 16.9. The van der Waals surface area contributed by atoms with E-state index in [4.69, 9.17) is 14.2 Å². The van der Waals surface area contributed by atoms with Crippen LogP contribution >= 0.6 is 0 Å². The van der Waals surface area contributed by atoms with E-state index >= 15 is 0 Å². The third-order valence-corrected chi connectivity index (χ3v) is 3.43. The predicted octanol–water partition coefficient (Wildman–Crippen LogP) is 2.04. The largest absolute Gasteiger partial charge is 0.465 e. The summed E-state index contributed by atoms with van der Waals surface area (Å²) in [7, 11) is 0. The zero-order chi connectivity index (χ0) is 12.5. The minimum Gasteiger partial charge on any atom is -0.465 e. The topological polar surface area (TPSA) is 44.8 Å². The summed E-state index contributed by atoms with van der Waals surface area (Å²) in [6.07, 6.45) is 3.99.